The van der Waals surface area contributed by atoms with Crippen molar-refractivity contribution in [3.8, 4) is 0 Å². The monoisotopic (exact) mass is 436 g/mol. The summed E-state index contributed by atoms with van der Waals surface area (Å²) in [6.07, 6.45) is 6.27. The molecule has 6 heteroatoms. The van der Waals surface area contributed by atoms with Gasteiger partial charge in [0.05, 0.1) is 0 Å². The number of fused-ring (bicyclic) bond motifs is 2. The standard InChI is InChI=1S/2C9H7P.4ClH/c2*10-9-5-7-3-1-2-4-8(7)6-9;;;;/h2*1-5H,6H2;4*1H. The summed E-state index contributed by atoms with van der Waals surface area (Å²) in [4.78, 5) is 0. The maximum absolute atomic E-state index is 4.30. The van der Waals surface area contributed by atoms with E-state index in [2.05, 4.69) is 79.2 Å². The Balaban J connectivity index is 0. The Kier molecular flexibility index (Phi) is 13.4. The molecule has 0 aliphatic heterocycles. The minimum atomic E-state index is 0. The van der Waals surface area contributed by atoms with Gasteiger partial charge in [0.1, 0.15) is 0 Å². The largest absolute Gasteiger partial charge is 0.147 e. The van der Waals surface area contributed by atoms with E-state index in [1.165, 1.54) is 32.9 Å². The maximum atomic E-state index is 4.30. The van der Waals surface area contributed by atoms with E-state index in [1.54, 1.807) is 0 Å². The summed E-state index contributed by atoms with van der Waals surface area (Å²) in [7, 11) is 8.60. The molecular weight excluding hydrogens is 420 g/mol. The average molecular weight is 438 g/mol. The molecule has 128 valence electrons. The fourth-order valence-electron chi connectivity index (χ4n) is 2.52. The van der Waals surface area contributed by atoms with Gasteiger partial charge in [0, 0.05) is 0 Å². The van der Waals surface area contributed by atoms with Crippen LogP contribution >= 0.6 is 68.1 Å². The molecular formula is C18H18Cl4P2. The molecule has 2 aromatic rings. The molecule has 0 fully saturated rings. The highest BCUT2D eigenvalue weighted by Gasteiger charge is 2.08. The van der Waals surface area contributed by atoms with Crippen molar-refractivity contribution in [2.45, 2.75) is 12.8 Å². The summed E-state index contributed by atoms with van der Waals surface area (Å²) in [6, 6.07) is 16.8. The van der Waals surface area contributed by atoms with Gasteiger partial charge in [-0.25, -0.2) is 0 Å². The number of hydrogen-bond donors (Lipinski definition) is 0. The van der Waals surface area contributed by atoms with Gasteiger partial charge in [-0.3, -0.25) is 0 Å². The van der Waals surface area contributed by atoms with Crippen LogP contribution in [0, 0.1) is 0 Å². The lowest BCUT2D eigenvalue weighted by molar-refractivity contribution is 1.29. The summed E-state index contributed by atoms with van der Waals surface area (Å²) in [6.45, 7) is 0. The third-order valence-corrected chi connectivity index (χ3v) is 4.07. The first-order valence-electron chi connectivity index (χ1n) is 6.67. The van der Waals surface area contributed by atoms with Crippen molar-refractivity contribution in [3.05, 3.63) is 81.4 Å². The zero-order valence-corrected chi connectivity index (χ0v) is 17.8. The first-order chi connectivity index (χ1) is 9.72. The van der Waals surface area contributed by atoms with Crippen molar-refractivity contribution in [3.63, 3.8) is 0 Å². The van der Waals surface area contributed by atoms with Crippen LogP contribution in [0.25, 0.3) is 12.2 Å². The van der Waals surface area contributed by atoms with Crippen LogP contribution in [-0.2, 0) is 12.8 Å². The molecule has 0 unspecified atom stereocenters. The fraction of sp³-hybridized carbons (Fsp3) is 0.111. The molecule has 0 spiro atoms. The molecule has 24 heavy (non-hydrogen) atoms. The van der Waals surface area contributed by atoms with Crippen molar-refractivity contribution in [1.82, 2.24) is 0 Å². The van der Waals surface area contributed by atoms with Crippen LogP contribution < -0.4 is 0 Å². The highest BCUT2D eigenvalue weighted by Crippen LogP contribution is 2.28. The molecule has 0 bridgehead atoms. The Morgan fingerprint density at radius 3 is 1.21 bits per heavy atom. The van der Waals surface area contributed by atoms with Crippen molar-refractivity contribution in [1.29, 1.82) is 0 Å². The topological polar surface area (TPSA) is 0 Å². The Morgan fingerprint density at radius 2 is 0.875 bits per heavy atom. The molecule has 0 aromatic heterocycles. The van der Waals surface area contributed by atoms with Crippen LogP contribution in [0.4, 0.5) is 0 Å². The van der Waals surface area contributed by atoms with Crippen LogP contribution in [0.3, 0.4) is 0 Å². The lowest BCUT2D eigenvalue weighted by Gasteiger charge is -1.93. The van der Waals surface area contributed by atoms with E-state index in [0.29, 0.717) is 0 Å². The molecule has 2 aliphatic carbocycles. The number of rotatable bonds is 0. The highest BCUT2D eigenvalue weighted by atomic mass is 35.5. The number of hydrogen-bond acceptors (Lipinski definition) is 0. The predicted octanol–water partition coefficient (Wildman–Crippen LogP) is 7.68. The molecule has 0 nitrogen and oxygen atoms in total. The van der Waals surface area contributed by atoms with Gasteiger partial charge in [-0.2, -0.15) is 0 Å². The van der Waals surface area contributed by atoms with Gasteiger partial charge >= 0.3 is 0 Å². The molecule has 0 saturated heterocycles. The summed E-state index contributed by atoms with van der Waals surface area (Å²) < 4.78 is 0. The van der Waals surface area contributed by atoms with Crippen molar-refractivity contribution in [2.24, 2.45) is 0 Å². The molecule has 2 aromatic carbocycles. The van der Waals surface area contributed by atoms with Gasteiger partial charge in [-0.1, -0.05) is 48.5 Å². The second kappa shape index (κ2) is 12.3. The lowest BCUT2D eigenvalue weighted by Crippen LogP contribution is -1.78. The zero-order valence-electron chi connectivity index (χ0n) is 12.7. The highest BCUT2D eigenvalue weighted by molar-refractivity contribution is 7.23. The Labute approximate surface area is 174 Å². The van der Waals surface area contributed by atoms with Crippen molar-refractivity contribution in [2.75, 3.05) is 0 Å². The fourth-order valence-corrected chi connectivity index (χ4v) is 3.14. The summed E-state index contributed by atoms with van der Waals surface area (Å²) in [5, 5.41) is 2.34. The van der Waals surface area contributed by atoms with E-state index in [-0.39, 0.29) is 49.6 Å². The second-order valence-electron chi connectivity index (χ2n) is 5.02. The van der Waals surface area contributed by atoms with E-state index >= 15 is 0 Å². The predicted molar refractivity (Wildman–Crippen MR) is 119 cm³/mol. The first-order valence-corrected chi connectivity index (χ1v) is 7.57. The number of halogens is 4. The van der Waals surface area contributed by atoms with Crippen molar-refractivity contribution >= 4 is 80.3 Å². The maximum Gasteiger partial charge on any atom is -0.000811 e. The van der Waals surface area contributed by atoms with Gasteiger partial charge < -0.3 is 0 Å². The van der Waals surface area contributed by atoms with Crippen LogP contribution in [0.5, 0.6) is 0 Å². The summed E-state index contributed by atoms with van der Waals surface area (Å²) in [5.41, 5.74) is 5.44. The van der Waals surface area contributed by atoms with Crippen LogP contribution in [-0.4, -0.2) is 0 Å². The molecule has 0 amide bonds. The second-order valence-corrected chi connectivity index (χ2v) is 6.17. The van der Waals surface area contributed by atoms with Gasteiger partial charge in [0.15, 0.2) is 0 Å². The first kappa shape index (κ1) is 26.2. The minimum absolute atomic E-state index is 0. The number of allylic oxidation sites excluding steroid dienone is 2. The quantitative estimate of drug-likeness (QED) is 0.371. The lowest BCUT2D eigenvalue weighted by atomic mass is 10.1. The molecule has 2 aliphatic rings. The smallest absolute Gasteiger partial charge is 0.000811 e. The molecule has 0 heterocycles. The molecule has 0 N–H and O–H groups in total. The SMILES string of the molecule is Cl.Cl.Cl.Cl.[P]C1=Cc2ccccc2C1.[P]C1=Cc2ccccc2C1. The minimum Gasteiger partial charge on any atom is -0.147 e. The van der Waals surface area contributed by atoms with E-state index in [4.69, 9.17) is 0 Å². The third kappa shape index (κ3) is 6.68. The molecule has 0 saturated carbocycles. The van der Waals surface area contributed by atoms with Crippen molar-refractivity contribution < 1.29 is 0 Å². The van der Waals surface area contributed by atoms with Gasteiger partial charge in [0.2, 0.25) is 0 Å². The molecule has 0 atom stereocenters. The van der Waals surface area contributed by atoms with E-state index < -0.39 is 0 Å². The normalized spacial score (nSPS) is 12.2. The third-order valence-electron chi connectivity index (χ3n) is 3.50. The van der Waals surface area contributed by atoms with Gasteiger partial charge in [-0.05, 0) is 76.4 Å². The van der Waals surface area contributed by atoms with E-state index in [1.807, 2.05) is 0 Å². The zero-order chi connectivity index (χ0) is 13.9. The van der Waals surface area contributed by atoms with Gasteiger partial charge in [0.25, 0.3) is 0 Å². The van der Waals surface area contributed by atoms with Crippen LogP contribution in [0.2, 0.25) is 0 Å². The van der Waals surface area contributed by atoms with Crippen LogP contribution in [0.15, 0.2) is 59.2 Å². The Bertz CT molecular complexity index is 650. The Morgan fingerprint density at radius 1 is 0.542 bits per heavy atom. The van der Waals surface area contributed by atoms with E-state index in [0.717, 1.165) is 12.8 Å². The van der Waals surface area contributed by atoms with Gasteiger partial charge in [-0.15, -0.1) is 49.6 Å². The Hall–Kier alpha value is -0.0600. The summed E-state index contributed by atoms with van der Waals surface area (Å²) >= 11 is 0. The number of benzene rings is 2. The summed E-state index contributed by atoms with van der Waals surface area (Å²) in [5.74, 6) is 0. The molecule has 4 radical (unpaired) electrons. The average Bonchev–Trinajstić information content (AvgIpc) is 2.99. The molecule has 4 rings (SSSR count). The van der Waals surface area contributed by atoms with Crippen LogP contribution in [0.1, 0.15) is 22.3 Å². The van der Waals surface area contributed by atoms with E-state index in [9.17, 15) is 0 Å².